The zero-order chi connectivity index (χ0) is 15.2. The summed E-state index contributed by atoms with van der Waals surface area (Å²) in [6.45, 7) is 5.78. The molecule has 0 amide bonds. The van der Waals surface area contributed by atoms with Gasteiger partial charge in [-0.05, 0) is 13.5 Å². The van der Waals surface area contributed by atoms with Crippen LogP contribution in [0.25, 0.3) is 0 Å². The third-order valence-electron chi connectivity index (χ3n) is 3.66. The topological polar surface area (TPSA) is 81.6 Å². The quantitative estimate of drug-likeness (QED) is 0.790. The molecule has 1 atom stereocenters. The monoisotopic (exact) mass is 293 g/mol. The fraction of sp³-hybridized carbons (Fsp3) is 0.643. The number of piperazine rings is 1. The first-order valence-corrected chi connectivity index (χ1v) is 7.30. The lowest BCUT2D eigenvalue weighted by Crippen LogP contribution is -2.54. The summed E-state index contributed by atoms with van der Waals surface area (Å²) in [7, 11) is 1.85. The van der Waals surface area contributed by atoms with E-state index in [0.717, 1.165) is 31.6 Å². The largest absolute Gasteiger partial charge is 0.480 e. The van der Waals surface area contributed by atoms with Gasteiger partial charge in [-0.3, -0.25) is 14.6 Å². The second-order valence-electron chi connectivity index (χ2n) is 5.41. The molecule has 1 aromatic heterocycles. The van der Waals surface area contributed by atoms with E-state index in [1.807, 2.05) is 11.9 Å². The van der Waals surface area contributed by atoms with E-state index < -0.39 is 12.0 Å². The maximum absolute atomic E-state index is 11.2. The summed E-state index contributed by atoms with van der Waals surface area (Å²) in [5, 5.41) is 12.3. The predicted octanol–water partition coefficient (Wildman–Crippen LogP) is 0.499. The summed E-state index contributed by atoms with van der Waals surface area (Å²) in [6, 6.07) is -0.440. The van der Waals surface area contributed by atoms with Crippen molar-refractivity contribution in [2.24, 2.45) is 0 Å². The van der Waals surface area contributed by atoms with Crippen molar-refractivity contribution in [3.8, 4) is 0 Å². The highest BCUT2D eigenvalue weighted by Crippen LogP contribution is 2.12. The summed E-state index contributed by atoms with van der Waals surface area (Å²) < 4.78 is 0. The summed E-state index contributed by atoms with van der Waals surface area (Å²) in [5.74, 6) is -0.125. The molecule has 1 aromatic rings. The van der Waals surface area contributed by atoms with Crippen LogP contribution in [0.4, 0.5) is 5.95 Å². The lowest BCUT2D eigenvalue weighted by Gasteiger charge is -2.37. The number of aliphatic carboxylic acids is 1. The summed E-state index contributed by atoms with van der Waals surface area (Å²) in [6.07, 6.45) is 4.64. The van der Waals surface area contributed by atoms with Gasteiger partial charge < -0.3 is 10.4 Å². The SMILES string of the molecule is CCCNc1ncc(CN2CCN(C)[C@@H](C(=O)O)C2)cn1. The molecule has 0 aliphatic carbocycles. The number of hydrogen-bond acceptors (Lipinski definition) is 6. The molecule has 0 unspecified atom stereocenters. The average Bonchev–Trinajstić information content (AvgIpc) is 2.48. The number of carboxylic acid groups (broad SMARTS) is 1. The highest BCUT2D eigenvalue weighted by atomic mass is 16.4. The number of hydrogen-bond donors (Lipinski definition) is 2. The summed E-state index contributed by atoms with van der Waals surface area (Å²) in [5.41, 5.74) is 1.01. The Morgan fingerprint density at radius 3 is 2.76 bits per heavy atom. The van der Waals surface area contributed by atoms with Gasteiger partial charge in [-0.25, -0.2) is 9.97 Å². The van der Waals surface area contributed by atoms with Gasteiger partial charge in [-0.1, -0.05) is 6.92 Å². The van der Waals surface area contributed by atoms with Gasteiger partial charge in [0.15, 0.2) is 0 Å². The van der Waals surface area contributed by atoms with Crippen molar-refractivity contribution < 1.29 is 9.90 Å². The van der Waals surface area contributed by atoms with E-state index in [4.69, 9.17) is 0 Å². The van der Waals surface area contributed by atoms with Crippen molar-refractivity contribution >= 4 is 11.9 Å². The van der Waals surface area contributed by atoms with Crippen LogP contribution in [0.5, 0.6) is 0 Å². The van der Waals surface area contributed by atoms with Crippen LogP contribution in [-0.4, -0.2) is 70.1 Å². The molecule has 7 heteroatoms. The molecule has 116 valence electrons. The number of anilines is 1. The number of nitrogens with zero attached hydrogens (tertiary/aromatic N) is 4. The zero-order valence-electron chi connectivity index (χ0n) is 12.6. The molecule has 0 aromatic carbocycles. The lowest BCUT2D eigenvalue weighted by molar-refractivity contribution is -0.145. The molecule has 0 spiro atoms. The van der Waals surface area contributed by atoms with E-state index in [0.29, 0.717) is 19.0 Å². The predicted molar refractivity (Wildman–Crippen MR) is 80.1 cm³/mol. The van der Waals surface area contributed by atoms with Crippen LogP contribution in [0.15, 0.2) is 12.4 Å². The summed E-state index contributed by atoms with van der Waals surface area (Å²) in [4.78, 5) is 23.8. The van der Waals surface area contributed by atoms with Crippen LogP contribution in [0, 0.1) is 0 Å². The highest BCUT2D eigenvalue weighted by Gasteiger charge is 2.29. The van der Waals surface area contributed by atoms with Crippen LogP contribution < -0.4 is 5.32 Å². The Balaban J connectivity index is 1.90. The third kappa shape index (κ3) is 4.37. The molecule has 1 fully saturated rings. The number of nitrogens with one attached hydrogen (secondary N) is 1. The molecule has 1 saturated heterocycles. The molecule has 1 aliphatic rings. The van der Waals surface area contributed by atoms with E-state index in [-0.39, 0.29) is 0 Å². The normalized spacial score (nSPS) is 20.4. The van der Waals surface area contributed by atoms with Gasteiger partial charge >= 0.3 is 5.97 Å². The first kappa shape index (κ1) is 15.7. The van der Waals surface area contributed by atoms with Crippen molar-refractivity contribution in [2.75, 3.05) is 38.5 Å². The lowest BCUT2D eigenvalue weighted by atomic mass is 10.1. The summed E-state index contributed by atoms with van der Waals surface area (Å²) >= 11 is 0. The van der Waals surface area contributed by atoms with E-state index in [2.05, 4.69) is 27.1 Å². The molecule has 1 aliphatic heterocycles. The highest BCUT2D eigenvalue weighted by molar-refractivity contribution is 5.73. The smallest absolute Gasteiger partial charge is 0.322 e. The van der Waals surface area contributed by atoms with Crippen LogP contribution in [0.2, 0.25) is 0 Å². The van der Waals surface area contributed by atoms with Gasteiger partial charge in [0.1, 0.15) is 6.04 Å². The zero-order valence-corrected chi connectivity index (χ0v) is 12.6. The molecular formula is C14H23N5O2. The van der Waals surface area contributed by atoms with Gasteiger partial charge in [0.25, 0.3) is 0 Å². The van der Waals surface area contributed by atoms with E-state index in [1.165, 1.54) is 0 Å². The van der Waals surface area contributed by atoms with E-state index in [1.54, 1.807) is 12.4 Å². The Morgan fingerprint density at radius 2 is 2.14 bits per heavy atom. The number of carbonyl (C=O) groups is 1. The van der Waals surface area contributed by atoms with Crippen molar-refractivity contribution in [1.82, 2.24) is 19.8 Å². The molecule has 0 radical (unpaired) electrons. The molecular weight excluding hydrogens is 270 g/mol. The van der Waals surface area contributed by atoms with Gasteiger partial charge in [0.05, 0.1) is 0 Å². The minimum atomic E-state index is -0.766. The Kier molecular flexibility index (Phi) is 5.46. The standard InChI is InChI=1S/C14H23N5O2/c1-3-4-15-14-16-7-11(8-17-14)9-19-6-5-18(2)12(10-19)13(20)21/h7-8,12H,3-6,9-10H2,1-2H3,(H,20,21)(H,15,16,17)/t12-/m1/s1. The van der Waals surface area contributed by atoms with Crippen molar-refractivity contribution in [3.63, 3.8) is 0 Å². The molecule has 21 heavy (non-hydrogen) atoms. The number of rotatable bonds is 6. The van der Waals surface area contributed by atoms with Gasteiger partial charge in [0.2, 0.25) is 5.95 Å². The van der Waals surface area contributed by atoms with Crippen LogP contribution in [-0.2, 0) is 11.3 Å². The second-order valence-corrected chi connectivity index (χ2v) is 5.41. The minimum Gasteiger partial charge on any atom is -0.480 e. The minimum absolute atomic E-state index is 0.440. The maximum Gasteiger partial charge on any atom is 0.322 e. The van der Waals surface area contributed by atoms with Crippen molar-refractivity contribution in [2.45, 2.75) is 25.9 Å². The van der Waals surface area contributed by atoms with Gasteiger partial charge in [-0.2, -0.15) is 0 Å². The Morgan fingerprint density at radius 1 is 1.43 bits per heavy atom. The second kappa shape index (κ2) is 7.33. The van der Waals surface area contributed by atoms with Gasteiger partial charge in [-0.15, -0.1) is 0 Å². The average molecular weight is 293 g/mol. The van der Waals surface area contributed by atoms with Crippen LogP contribution >= 0.6 is 0 Å². The fourth-order valence-electron chi connectivity index (χ4n) is 2.36. The Labute approximate surface area is 125 Å². The Hall–Kier alpha value is -1.73. The molecule has 0 saturated carbocycles. The van der Waals surface area contributed by atoms with Gasteiger partial charge in [0, 0.05) is 50.7 Å². The van der Waals surface area contributed by atoms with E-state index in [9.17, 15) is 9.90 Å². The van der Waals surface area contributed by atoms with E-state index >= 15 is 0 Å². The van der Waals surface area contributed by atoms with Crippen molar-refractivity contribution in [3.05, 3.63) is 18.0 Å². The van der Waals surface area contributed by atoms with Crippen LogP contribution in [0.1, 0.15) is 18.9 Å². The maximum atomic E-state index is 11.2. The molecule has 2 rings (SSSR count). The number of aromatic nitrogens is 2. The molecule has 7 nitrogen and oxygen atoms in total. The molecule has 2 N–H and O–H groups in total. The molecule has 2 heterocycles. The number of carboxylic acids is 1. The fourth-order valence-corrected chi connectivity index (χ4v) is 2.36. The Bertz CT molecular complexity index is 465. The third-order valence-corrected chi connectivity index (χ3v) is 3.66. The first-order chi connectivity index (χ1) is 10.1. The first-order valence-electron chi connectivity index (χ1n) is 7.30. The van der Waals surface area contributed by atoms with Crippen molar-refractivity contribution in [1.29, 1.82) is 0 Å². The molecule has 0 bridgehead atoms. The number of likely N-dealkylation sites (N-methyl/N-ethyl adjacent to an activating group) is 1. The van der Waals surface area contributed by atoms with Crippen LogP contribution in [0.3, 0.4) is 0 Å².